The Balaban J connectivity index is 2.23. The average molecular weight is 311 g/mol. The van der Waals surface area contributed by atoms with E-state index in [0.717, 1.165) is 17.0 Å². The fourth-order valence-corrected chi connectivity index (χ4v) is 3.42. The highest BCUT2D eigenvalue weighted by Crippen LogP contribution is 2.16. The molecule has 2 aromatic rings. The molecule has 116 valence electrons. The van der Waals surface area contributed by atoms with Gasteiger partial charge in [0.15, 0.2) is 0 Å². The highest BCUT2D eigenvalue weighted by molar-refractivity contribution is 7.89. The summed E-state index contributed by atoms with van der Waals surface area (Å²) in [7, 11) is -1.73. The molecule has 0 aliphatic carbocycles. The van der Waals surface area contributed by atoms with E-state index in [4.69, 9.17) is 0 Å². The highest BCUT2D eigenvalue weighted by atomic mass is 32.2. The van der Waals surface area contributed by atoms with Crippen LogP contribution in [0.3, 0.4) is 0 Å². The smallest absolute Gasteiger partial charge is 0.244 e. The summed E-state index contributed by atoms with van der Waals surface area (Å²) in [6.45, 7) is 8.27. The van der Waals surface area contributed by atoms with Gasteiger partial charge in [0, 0.05) is 37.6 Å². The maximum absolute atomic E-state index is 12.4. The van der Waals surface area contributed by atoms with Crippen molar-refractivity contribution < 1.29 is 8.42 Å². The van der Waals surface area contributed by atoms with Gasteiger partial charge in [-0.2, -0.15) is 10.2 Å². The van der Waals surface area contributed by atoms with Crippen LogP contribution in [0.25, 0.3) is 0 Å². The van der Waals surface area contributed by atoms with Crippen molar-refractivity contribution in [3.8, 4) is 0 Å². The van der Waals surface area contributed by atoms with Gasteiger partial charge < -0.3 is 0 Å². The molecule has 0 aliphatic rings. The van der Waals surface area contributed by atoms with E-state index in [9.17, 15) is 8.42 Å². The summed E-state index contributed by atoms with van der Waals surface area (Å²) in [6, 6.07) is 0. The van der Waals surface area contributed by atoms with Gasteiger partial charge in [0.05, 0.1) is 11.4 Å². The summed E-state index contributed by atoms with van der Waals surface area (Å²) in [5.41, 5.74) is 3.19. The minimum atomic E-state index is -3.57. The standard InChI is InChI=1S/C13H21N5O2S/c1-6-18-8-13(10(3)16-18)21(19,20)14-7-12-9(2)15-17(5)11(12)4/h8,14H,6-7H2,1-5H3. The van der Waals surface area contributed by atoms with Gasteiger partial charge in [-0.25, -0.2) is 13.1 Å². The van der Waals surface area contributed by atoms with Crippen molar-refractivity contribution in [2.75, 3.05) is 0 Å². The predicted molar refractivity (Wildman–Crippen MR) is 79.3 cm³/mol. The van der Waals surface area contributed by atoms with Gasteiger partial charge in [0.1, 0.15) is 4.90 Å². The van der Waals surface area contributed by atoms with Gasteiger partial charge in [-0.3, -0.25) is 9.36 Å². The summed E-state index contributed by atoms with van der Waals surface area (Å²) >= 11 is 0. The normalized spacial score (nSPS) is 12.0. The van der Waals surface area contributed by atoms with Crippen molar-refractivity contribution in [2.45, 2.75) is 45.7 Å². The second-order valence-corrected chi connectivity index (χ2v) is 6.77. The molecule has 8 heteroatoms. The third-order valence-electron chi connectivity index (χ3n) is 3.61. The van der Waals surface area contributed by atoms with Crippen LogP contribution in [-0.2, 0) is 30.2 Å². The lowest BCUT2D eigenvalue weighted by atomic mass is 10.2. The first-order chi connectivity index (χ1) is 9.76. The summed E-state index contributed by atoms with van der Waals surface area (Å²) in [5.74, 6) is 0. The third kappa shape index (κ3) is 3.01. The molecule has 2 aromatic heterocycles. The summed E-state index contributed by atoms with van der Waals surface area (Å²) in [6.07, 6.45) is 1.56. The van der Waals surface area contributed by atoms with Crippen LogP contribution in [0.15, 0.2) is 11.1 Å². The van der Waals surface area contributed by atoms with Crippen molar-refractivity contribution in [3.63, 3.8) is 0 Å². The molecule has 0 radical (unpaired) electrons. The van der Waals surface area contributed by atoms with Gasteiger partial charge in [0.25, 0.3) is 0 Å². The zero-order valence-corrected chi connectivity index (χ0v) is 13.8. The molecule has 0 aliphatic heterocycles. The number of aryl methyl sites for hydroxylation is 4. The number of hydrogen-bond acceptors (Lipinski definition) is 4. The van der Waals surface area contributed by atoms with E-state index in [2.05, 4.69) is 14.9 Å². The SMILES string of the molecule is CCn1cc(S(=O)(=O)NCc2c(C)nn(C)c2C)c(C)n1. The van der Waals surface area contributed by atoms with E-state index < -0.39 is 10.0 Å². The number of nitrogens with one attached hydrogen (secondary N) is 1. The van der Waals surface area contributed by atoms with E-state index >= 15 is 0 Å². The molecule has 0 atom stereocenters. The lowest BCUT2D eigenvalue weighted by Gasteiger charge is -2.06. The second kappa shape index (κ2) is 5.61. The van der Waals surface area contributed by atoms with Gasteiger partial charge in [-0.1, -0.05) is 0 Å². The lowest BCUT2D eigenvalue weighted by molar-refractivity contribution is 0.580. The molecule has 0 saturated heterocycles. The zero-order valence-electron chi connectivity index (χ0n) is 13.0. The highest BCUT2D eigenvalue weighted by Gasteiger charge is 2.21. The number of nitrogens with zero attached hydrogens (tertiary/aromatic N) is 4. The van der Waals surface area contributed by atoms with E-state index in [0.29, 0.717) is 12.2 Å². The Morgan fingerprint density at radius 3 is 2.33 bits per heavy atom. The van der Waals surface area contributed by atoms with Crippen LogP contribution in [-0.4, -0.2) is 28.0 Å². The van der Waals surface area contributed by atoms with Crippen LogP contribution in [0, 0.1) is 20.8 Å². The Morgan fingerprint density at radius 1 is 1.19 bits per heavy atom. The Labute approximate surface area is 125 Å². The minimum Gasteiger partial charge on any atom is -0.272 e. The molecule has 2 rings (SSSR count). The number of rotatable bonds is 5. The molecule has 1 N–H and O–H groups in total. The predicted octanol–water partition coefficient (Wildman–Crippen LogP) is 1.04. The van der Waals surface area contributed by atoms with Crippen LogP contribution in [0.1, 0.15) is 29.6 Å². The number of hydrogen-bond donors (Lipinski definition) is 1. The Kier molecular flexibility index (Phi) is 4.20. The van der Waals surface area contributed by atoms with E-state index in [1.807, 2.05) is 27.8 Å². The first-order valence-electron chi connectivity index (χ1n) is 6.79. The van der Waals surface area contributed by atoms with Gasteiger partial charge in [0.2, 0.25) is 10.0 Å². The van der Waals surface area contributed by atoms with E-state index in [-0.39, 0.29) is 11.4 Å². The van der Waals surface area contributed by atoms with Crippen molar-refractivity contribution in [3.05, 3.63) is 28.8 Å². The Hall–Kier alpha value is -1.67. The molecule has 21 heavy (non-hydrogen) atoms. The van der Waals surface area contributed by atoms with Gasteiger partial charge in [-0.05, 0) is 27.7 Å². The molecule has 0 bridgehead atoms. The molecular formula is C13H21N5O2S. The second-order valence-electron chi connectivity index (χ2n) is 5.03. The summed E-state index contributed by atoms with van der Waals surface area (Å²) in [5, 5.41) is 8.45. The van der Waals surface area contributed by atoms with Crippen LogP contribution in [0.5, 0.6) is 0 Å². The molecule has 0 saturated carbocycles. The fraction of sp³-hybridized carbons (Fsp3) is 0.538. The third-order valence-corrected chi connectivity index (χ3v) is 5.12. The first-order valence-corrected chi connectivity index (χ1v) is 8.27. The van der Waals surface area contributed by atoms with Crippen molar-refractivity contribution in [1.82, 2.24) is 24.3 Å². The molecule has 0 spiro atoms. The minimum absolute atomic E-state index is 0.226. The lowest BCUT2D eigenvalue weighted by Crippen LogP contribution is -2.24. The molecule has 0 unspecified atom stereocenters. The topological polar surface area (TPSA) is 81.8 Å². The molecule has 0 fully saturated rings. The monoisotopic (exact) mass is 311 g/mol. The van der Waals surface area contributed by atoms with Crippen molar-refractivity contribution in [1.29, 1.82) is 0 Å². The number of aromatic nitrogens is 4. The molecule has 0 amide bonds. The van der Waals surface area contributed by atoms with Crippen molar-refractivity contribution in [2.24, 2.45) is 7.05 Å². The first kappa shape index (κ1) is 15.7. The maximum atomic E-state index is 12.4. The Morgan fingerprint density at radius 2 is 1.86 bits per heavy atom. The molecule has 2 heterocycles. The van der Waals surface area contributed by atoms with Crippen LogP contribution in [0.2, 0.25) is 0 Å². The zero-order chi connectivity index (χ0) is 15.8. The van der Waals surface area contributed by atoms with Crippen molar-refractivity contribution >= 4 is 10.0 Å². The van der Waals surface area contributed by atoms with Gasteiger partial charge in [-0.15, -0.1) is 0 Å². The maximum Gasteiger partial charge on any atom is 0.244 e. The average Bonchev–Trinajstić information content (AvgIpc) is 2.90. The van der Waals surface area contributed by atoms with E-state index in [1.54, 1.807) is 22.5 Å². The molecular weight excluding hydrogens is 290 g/mol. The van der Waals surface area contributed by atoms with Crippen LogP contribution >= 0.6 is 0 Å². The van der Waals surface area contributed by atoms with Crippen LogP contribution < -0.4 is 4.72 Å². The van der Waals surface area contributed by atoms with Gasteiger partial charge >= 0.3 is 0 Å². The molecule has 7 nitrogen and oxygen atoms in total. The van der Waals surface area contributed by atoms with E-state index in [1.165, 1.54) is 0 Å². The Bertz CT molecular complexity index is 758. The summed E-state index contributed by atoms with van der Waals surface area (Å²) < 4.78 is 30.8. The largest absolute Gasteiger partial charge is 0.272 e. The number of sulfonamides is 1. The fourth-order valence-electron chi connectivity index (χ4n) is 2.24. The quantitative estimate of drug-likeness (QED) is 0.894. The van der Waals surface area contributed by atoms with Crippen LogP contribution in [0.4, 0.5) is 0 Å². The summed E-state index contributed by atoms with van der Waals surface area (Å²) in [4.78, 5) is 0.226. The molecule has 0 aromatic carbocycles.